The van der Waals surface area contributed by atoms with Crippen molar-refractivity contribution in [2.24, 2.45) is 0 Å². The summed E-state index contributed by atoms with van der Waals surface area (Å²) in [5, 5.41) is -1.29. The summed E-state index contributed by atoms with van der Waals surface area (Å²) >= 11 is 0. The summed E-state index contributed by atoms with van der Waals surface area (Å²) in [5.74, 6) is -0.815. The molecule has 0 heterocycles. The third kappa shape index (κ3) is 3.37. The van der Waals surface area contributed by atoms with Gasteiger partial charge in [0.25, 0.3) is 0 Å². The minimum absolute atomic E-state index is 0.360. The number of esters is 1. The first-order valence-electron chi connectivity index (χ1n) is 5.65. The number of carbonyl (C=O) groups excluding carboxylic acids is 1. The van der Waals surface area contributed by atoms with Gasteiger partial charge in [-0.05, 0) is 38.0 Å². The van der Waals surface area contributed by atoms with Gasteiger partial charge >= 0.3 is 5.97 Å². The molecule has 0 aromatic heterocycles. The van der Waals surface area contributed by atoms with E-state index in [0.717, 1.165) is 18.2 Å². The van der Waals surface area contributed by atoms with Crippen molar-refractivity contribution in [1.29, 1.82) is 0 Å². The molecular weight excluding hydrogens is 268 g/mol. The molecule has 1 unspecified atom stereocenters. The van der Waals surface area contributed by atoms with Crippen molar-refractivity contribution in [1.82, 2.24) is 0 Å². The zero-order chi connectivity index (χ0) is 14.8. The minimum Gasteiger partial charge on any atom is -0.468 e. The maximum atomic E-state index is 12.0. The van der Waals surface area contributed by atoms with Gasteiger partial charge in [0.2, 0.25) is 10.0 Å². The normalized spacial score (nSPS) is 12.8. The number of methoxy groups -OCH3 is 1. The lowest BCUT2D eigenvalue weighted by molar-refractivity contribution is -0.139. The zero-order valence-corrected chi connectivity index (χ0v) is 12.2. The Bertz CT molecular complexity index is 596. The van der Waals surface area contributed by atoms with Crippen LogP contribution in [0.25, 0.3) is 0 Å². The maximum Gasteiger partial charge on any atom is 0.325 e. The smallest absolute Gasteiger partial charge is 0.325 e. The van der Waals surface area contributed by atoms with E-state index in [1.807, 2.05) is 6.92 Å². The van der Waals surface area contributed by atoms with Crippen LogP contribution in [0.2, 0.25) is 0 Å². The molecule has 0 radical (unpaired) electrons. The van der Waals surface area contributed by atoms with E-state index in [-0.39, 0.29) is 0 Å². The highest BCUT2D eigenvalue weighted by Crippen LogP contribution is 2.24. The van der Waals surface area contributed by atoms with Crippen LogP contribution in [-0.4, -0.2) is 26.7 Å². The molecule has 1 aromatic carbocycles. The standard InChI is InChI=1S/C12H18N2O4S/c1-7-5-8(2)11(6-10(7)13)14-19(16,17)9(3)12(15)18-4/h5-6,9,14H,13H2,1-4H3. The molecule has 0 aliphatic heterocycles. The highest BCUT2D eigenvalue weighted by molar-refractivity contribution is 7.94. The summed E-state index contributed by atoms with van der Waals surface area (Å²) in [4.78, 5) is 11.3. The number of hydrogen-bond acceptors (Lipinski definition) is 5. The van der Waals surface area contributed by atoms with Crippen molar-refractivity contribution in [2.45, 2.75) is 26.0 Å². The number of anilines is 2. The first-order valence-corrected chi connectivity index (χ1v) is 7.20. The highest BCUT2D eigenvalue weighted by atomic mass is 32.2. The van der Waals surface area contributed by atoms with Gasteiger partial charge in [-0.1, -0.05) is 6.07 Å². The molecule has 0 aliphatic rings. The number of nitrogen functional groups attached to an aromatic ring is 1. The number of rotatable bonds is 4. The van der Waals surface area contributed by atoms with Gasteiger partial charge in [0.05, 0.1) is 12.8 Å². The third-order valence-corrected chi connectivity index (χ3v) is 4.49. The van der Waals surface area contributed by atoms with Crippen LogP contribution in [0.4, 0.5) is 11.4 Å². The highest BCUT2D eigenvalue weighted by Gasteiger charge is 2.29. The van der Waals surface area contributed by atoms with Crippen LogP contribution in [0.15, 0.2) is 12.1 Å². The molecule has 106 valence electrons. The van der Waals surface area contributed by atoms with Crippen LogP contribution < -0.4 is 10.5 Å². The molecule has 6 nitrogen and oxygen atoms in total. The number of nitrogens with two attached hydrogens (primary N) is 1. The lowest BCUT2D eigenvalue weighted by Crippen LogP contribution is -2.33. The molecule has 1 aromatic rings. The van der Waals surface area contributed by atoms with Gasteiger partial charge in [-0.15, -0.1) is 0 Å². The fourth-order valence-corrected chi connectivity index (χ4v) is 2.57. The molecule has 0 saturated heterocycles. The van der Waals surface area contributed by atoms with E-state index in [2.05, 4.69) is 9.46 Å². The molecule has 0 aliphatic carbocycles. The Balaban J connectivity index is 3.09. The predicted molar refractivity (Wildman–Crippen MR) is 74.3 cm³/mol. The van der Waals surface area contributed by atoms with Gasteiger partial charge in [0.1, 0.15) is 0 Å². The Morgan fingerprint density at radius 1 is 1.32 bits per heavy atom. The topological polar surface area (TPSA) is 98.5 Å². The summed E-state index contributed by atoms with van der Waals surface area (Å²) in [6.45, 7) is 4.85. The molecule has 3 N–H and O–H groups in total. The van der Waals surface area contributed by atoms with Crippen LogP contribution in [0.1, 0.15) is 18.1 Å². The third-order valence-electron chi connectivity index (χ3n) is 2.86. The average molecular weight is 286 g/mol. The van der Waals surface area contributed by atoms with Crippen LogP contribution in [0.5, 0.6) is 0 Å². The van der Waals surface area contributed by atoms with Gasteiger partial charge in [-0.25, -0.2) is 8.42 Å². The fourth-order valence-electron chi connectivity index (χ4n) is 1.51. The number of benzene rings is 1. The van der Waals surface area contributed by atoms with E-state index in [9.17, 15) is 13.2 Å². The second-order valence-corrected chi connectivity index (χ2v) is 6.34. The summed E-state index contributed by atoms with van der Waals surface area (Å²) in [7, 11) is -2.71. The van der Waals surface area contributed by atoms with Crippen molar-refractivity contribution in [3.05, 3.63) is 23.3 Å². The van der Waals surface area contributed by atoms with E-state index in [4.69, 9.17) is 5.73 Å². The fraction of sp³-hybridized carbons (Fsp3) is 0.417. The Morgan fingerprint density at radius 3 is 2.42 bits per heavy atom. The first kappa shape index (κ1) is 15.3. The van der Waals surface area contributed by atoms with Gasteiger partial charge in [0, 0.05) is 5.69 Å². The van der Waals surface area contributed by atoms with Crippen molar-refractivity contribution < 1.29 is 17.9 Å². The van der Waals surface area contributed by atoms with Crippen LogP contribution in [0, 0.1) is 13.8 Å². The number of nitrogens with one attached hydrogen (secondary N) is 1. The average Bonchev–Trinajstić information content (AvgIpc) is 2.33. The number of aryl methyl sites for hydroxylation is 2. The van der Waals surface area contributed by atoms with Gasteiger partial charge in [-0.2, -0.15) is 0 Å². The van der Waals surface area contributed by atoms with Gasteiger partial charge in [0.15, 0.2) is 5.25 Å². The monoisotopic (exact) mass is 286 g/mol. The molecule has 19 heavy (non-hydrogen) atoms. The van der Waals surface area contributed by atoms with Gasteiger partial charge < -0.3 is 10.5 Å². The zero-order valence-electron chi connectivity index (χ0n) is 11.4. The molecule has 0 spiro atoms. The van der Waals surface area contributed by atoms with Crippen molar-refractivity contribution in [3.8, 4) is 0 Å². The second-order valence-electron chi connectivity index (χ2n) is 4.34. The molecule has 7 heteroatoms. The minimum atomic E-state index is -3.86. The van der Waals surface area contributed by atoms with Crippen molar-refractivity contribution >= 4 is 27.4 Å². The maximum absolute atomic E-state index is 12.0. The molecule has 0 saturated carbocycles. The SMILES string of the molecule is COC(=O)C(C)S(=O)(=O)Nc1cc(N)c(C)cc1C. The molecular formula is C12H18N2O4S. The predicted octanol–water partition coefficient (Wildman–Crippen LogP) is 1.19. The second kappa shape index (κ2) is 5.48. The lowest BCUT2D eigenvalue weighted by atomic mass is 10.1. The number of carbonyl (C=O) groups is 1. The molecule has 0 bridgehead atoms. The molecule has 0 amide bonds. The number of sulfonamides is 1. The summed E-state index contributed by atoms with van der Waals surface area (Å²) in [6.07, 6.45) is 0. The van der Waals surface area contributed by atoms with E-state index in [1.54, 1.807) is 13.0 Å². The number of ether oxygens (including phenoxy) is 1. The summed E-state index contributed by atoms with van der Waals surface area (Å²) in [5.41, 5.74) is 8.18. The van der Waals surface area contributed by atoms with E-state index < -0.39 is 21.2 Å². The molecule has 1 rings (SSSR count). The van der Waals surface area contributed by atoms with E-state index in [1.165, 1.54) is 13.0 Å². The van der Waals surface area contributed by atoms with Crippen molar-refractivity contribution in [2.75, 3.05) is 17.6 Å². The Kier molecular flexibility index (Phi) is 4.41. The summed E-state index contributed by atoms with van der Waals surface area (Å²) < 4.78 is 30.8. The quantitative estimate of drug-likeness (QED) is 0.640. The Hall–Kier alpha value is -1.76. The number of hydrogen-bond donors (Lipinski definition) is 2. The summed E-state index contributed by atoms with van der Waals surface area (Å²) in [6, 6.07) is 3.31. The molecule has 1 atom stereocenters. The van der Waals surface area contributed by atoms with E-state index in [0.29, 0.717) is 11.4 Å². The molecule has 0 fully saturated rings. The largest absolute Gasteiger partial charge is 0.468 e. The van der Waals surface area contributed by atoms with Crippen molar-refractivity contribution in [3.63, 3.8) is 0 Å². The van der Waals surface area contributed by atoms with Gasteiger partial charge in [-0.3, -0.25) is 9.52 Å². The van der Waals surface area contributed by atoms with E-state index >= 15 is 0 Å². The van der Waals surface area contributed by atoms with Crippen LogP contribution in [0.3, 0.4) is 0 Å². The van der Waals surface area contributed by atoms with Crippen LogP contribution in [-0.2, 0) is 19.6 Å². The van der Waals surface area contributed by atoms with Crippen LogP contribution >= 0.6 is 0 Å². The lowest BCUT2D eigenvalue weighted by Gasteiger charge is -2.15. The Morgan fingerprint density at radius 2 is 1.89 bits per heavy atom. The first-order chi connectivity index (χ1) is 8.69. The Labute approximate surface area is 113 Å².